The van der Waals surface area contributed by atoms with Gasteiger partial charge in [-0.3, -0.25) is 4.79 Å². The highest BCUT2D eigenvalue weighted by atomic mass is 16.6. The molecule has 2 aliphatic rings. The smallest absolute Gasteiger partial charge is 0.336 e. The van der Waals surface area contributed by atoms with E-state index in [1.54, 1.807) is 42.5 Å². The summed E-state index contributed by atoms with van der Waals surface area (Å²) < 4.78 is 12.0. The van der Waals surface area contributed by atoms with Gasteiger partial charge in [-0.2, -0.15) is 0 Å². The molecule has 2 heterocycles. The van der Waals surface area contributed by atoms with Gasteiger partial charge in [-0.25, -0.2) is 4.79 Å². The minimum Gasteiger partial charge on any atom is -0.478 e. The Hall–Kier alpha value is -2.70. The van der Waals surface area contributed by atoms with Gasteiger partial charge in [-0.05, 0) is 37.1 Å². The van der Waals surface area contributed by atoms with Gasteiger partial charge >= 0.3 is 5.97 Å². The van der Waals surface area contributed by atoms with Crippen molar-refractivity contribution in [2.24, 2.45) is 0 Å². The molecule has 4 rings (SSSR count). The zero-order valence-corrected chi connectivity index (χ0v) is 16.6. The van der Waals surface area contributed by atoms with Crippen molar-refractivity contribution in [3.8, 4) is 11.1 Å². The molecule has 0 radical (unpaired) electrons. The van der Waals surface area contributed by atoms with Crippen molar-refractivity contribution in [3.63, 3.8) is 0 Å². The van der Waals surface area contributed by atoms with Crippen molar-refractivity contribution in [1.29, 1.82) is 0 Å². The maximum absolute atomic E-state index is 13.5. The fraction of sp³-hybridized carbons (Fsp3) is 0.391. The van der Waals surface area contributed by atoms with Crippen molar-refractivity contribution in [1.82, 2.24) is 4.90 Å². The lowest BCUT2D eigenvalue weighted by molar-refractivity contribution is -0.160. The monoisotopic (exact) mass is 395 g/mol. The number of carbonyl (C=O) groups excluding carboxylic acids is 1. The van der Waals surface area contributed by atoms with Crippen LogP contribution >= 0.6 is 0 Å². The molecule has 3 unspecified atom stereocenters. The first kappa shape index (κ1) is 19.6. The summed E-state index contributed by atoms with van der Waals surface area (Å²) >= 11 is 0. The summed E-state index contributed by atoms with van der Waals surface area (Å²) in [6.45, 7) is 5.54. The summed E-state index contributed by atoms with van der Waals surface area (Å²) in [5, 5.41) is 9.58. The Bertz CT molecular complexity index is 942. The van der Waals surface area contributed by atoms with E-state index in [0.29, 0.717) is 36.4 Å². The summed E-state index contributed by atoms with van der Waals surface area (Å²) in [7, 11) is 0. The summed E-state index contributed by atoms with van der Waals surface area (Å²) in [6.07, 6.45) is 0.574. The molecule has 152 valence electrons. The first-order valence-electron chi connectivity index (χ1n) is 9.92. The highest BCUT2D eigenvalue weighted by molar-refractivity contribution is 6.04. The number of rotatable bonds is 3. The van der Waals surface area contributed by atoms with E-state index in [1.165, 1.54) is 0 Å². The standard InChI is InChI=1S/C23H25NO5/c1-15-13-24(14-23(29-15)11-12-28-16(23)2)21(25)19-9-5-3-7-17(19)18-8-4-6-10-20(18)22(26)27/h3-10,15-16H,11-14H2,1-2H3,(H,26,27). The quantitative estimate of drug-likeness (QED) is 0.861. The van der Waals surface area contributed by atoms with E-state index < -0.39 is 11.6 Å². The first-order valence-corrected chi connectivity index (χ1v) is 9.92. The molecule has 0 saturated carbocycles. The second-order valence-electron chi connectivity index (χ2n) is 7.84. The van der Waals surface area contributed by atoms with Crippen LogP contribution in [0.1, 0.15) is 41.0 Å². The molecule has 0 aliphatic carbocycles. The van der Waals surface area contributed by atoms with Gasteiger partial charge in [0.15, 0.2) is 0 Å². The molecule has 2 aliphatic heterocycles. The Kier molecular flexibility index (Phi) is 5.15. The molecule has 0 bridgehead atoms. The van der Waals surface area contributed by atoms with E-state index in [9.17, 15) is 14.7 Å². The van der Waals surface area contributed by atoms with E-state index in [0.717, 1.165) is 6.42 Å². The Morgan fingerprint density at radius 2 is 1.66 bits per heavy atom. The number of nitrogens with zero attached hydrogens (tertiary/aromatic N) is 1. The van der Waals surface area contributed by atoms with Crippen molar-refractivity contribution in [3.05, 3.63) is 59.7 Å². The van der Waals surface area contributed by atoms with Gasteiger partial charge in [-0.1, -0.05) is 36.4 Å². The second kappa shape index (κ2) is 7.61. The largest absolute Gasteiger partial charge is 0.478 e. The maximum Gasteiger partial charge on any atom is 0.336 e. The van der Waals surface area contributed by atoms with Crippen LogP contribution in [0.15, 0.2) is 48.5 Å². The number of hydrogen-bond acceptors (Lipinski definition) is 4. The maximum atomic E-state index is 13.5. The number of ether oxygens (including phenoxy) is 2. The number of benzene rings is 2. The van der Waals surface area contributed by atoms with Crippen LogP contribution in [-0.4, -0.2) is 59.4 Å². The Morgan fingerprint density at radius 3 is 2.28 bits per heavy atom. The second-order valence-corrected chi connectivity index (χ2v) is 7.84. The highest BCUT2D eigenvalue weighted by Gasteiger charge is 2.49. The minimum atomic E-state index is -1.02. The number of morpholine rings is 1. The zero-order valence-electron chi connectivity index (χ0n) is 16.6. The predicted molar refractivity (Wildman–Crippen MR) is 108 cm³/mol. The number of carboxylic acids is 1. The number of carboxylic acid groups (broad SMARTS) is 1. The van der Waals surface area contributed by atoms with Gasteiger partial charge in [-0.15, -0.1) is 0 Å². The fourth-order valence-electron chi connectivity index (χ4n) is 4.43. The Labute approximate surface area is 170 Å². The van der Waals surface area contributed by atoms with E-state index >= 15 is 0 Å². The molecule has 1 amide bonds. The molecule has 2 aromatic rings. The third kappa shape index (κ3) is 3.54. The lowest BCUT2D eigenvalue weighted by Crippen LogP contribution is -2.59. The van der Waals surface area contributed by atoms with Crippen LogP contribution in [0.3, 0.4) is 0 Å². The molecule has 2 fully saturated rings. The predicted octanol–water partition coefficient (Wildman–Crippen LogP) is 3.46. The summed E-state index contributed by atoms with van der Waals surface area (Å²) in [5.74, 6) is -1.13. The van der Waals surface area contributed by atoms with E-state index in [1.807, 2.05) is 24.8 Å². The Morgan fingerprint density at radius 1 is 1.03 bits per heavy atom. The van der Waals surface area contributed by atoms with Crippen molar-refractivity contribution >= 4 is 11.9 Å². The van der Waals surface area contributed by atoms with Crippen LogP contribution < -0.4 is 0 Å². The lowest BCUT2D eigenvalue weighted by Gasteiger charge is -2.45. The third-order valence-electron chi connectivity index (χ3n) is 5.90. The van der Waals surface area contributed by atoms with Gasteiger partial charge in [0.25, 0.3) is 5.91 Å². The van der Waals surface area contributed by atoms with Gasteiger partial charge < -0.3 is 19.5 Å². The molecule has 6 heteroatoms. The molecular formula is C23H25NO5. The van der Waals surface area contributed by atoms with Gasteiger partial charge in [0.05, 0.1) is 24.3 Å². The average Bonchev–Trinajstić information content (AvgIpc) is 3.05. The van der Waals surface area contributed by atoms with Crippen LogP contribution in [0, 0.1) is 0 Å². The van der Waals surface area contributed by atoms with E-state index in [-0.39, 0.29) is 23.7 Å². The summed E-state index contributed by atoms with van der Waals surface area (Å²) in [4.78, 5) is 27.1. The van der Waals surface area contributed by atoms with E-state index in [2.05, 4.69) is 0 Å². The van der Waals surface area contributed by atoms with Crippen molar-refractivity contribution < 1.29 is 24.2 Å². The number of carbonyl (C=O) groups is 2. The van der Waals surface area contributed by atoms with Crippen LogP contribution in [0.2, 0.25) is 0 Å². The lowest BCUT2D eigenvalue weighted by atomic mass is 9.91. The van der Waals surface area contributed by atoms with Crippen LogP contribution in [0.4, 0.5) is 0 Å². The molecule has 6 nitrogen and oxygen atoms in total. The normalized spacial score (nSPS) is 26.6. The molecule has 1 spiro atoms. The van der Waals surface area contributed by atoms with Crippen molar-refractivity contribution in [2.75, 3.05) is 19.7 Å². The van der Waals surface area contributed by atoms with Gasteiger partial charge in [0.2, 0.25) is 0 Å². The average molecular weight is 395 g/mol. The highest BCUT2D eigenvalue weighted by Crippen LogP contribution is 2.36. The van der Waals surface area contributed by atoms with Crippen LogP contribution in [0.25, 0.3) is 11.1 Å². The molecule has 2 saturated heterocycles. The van der Waals surface area contributed by atoms with Gasteiger partial charge in [0, 0.05) is 25.1 Å². The Balaban J connectivity index is 1.71. The molecule has 3 atom stereocenters. The number of hydrogen-bond donors (Lipinski definition) is 1. The topological polar surface area (TPSA) is 76.1 Å². The molecule has 0 aromatic heterocycles. The summed E-state index contributed by atoms with van der Waals surface area (Å²) in [6, 6.07) is 14.0. The van der Waals surface area contributed by atoms with Crippen LogP contribution in [0.5, 0.6) is 0 Å². The minimum absolute atomic E-state index is 0.0801. The third-order valence-corrected chi connectivity index (χ3v) is 5.90. The van der Waals surface area contributed by atoms with E-state index in [4.69, 9.17) is 9.47 Å². The SMILES string of the molecule is CC1CN(C(=O)c2ccccc2-c2ccccc2C(=O)O)CC2(CCOC2C)O1. The number of amides is 1. The molecule has 2 aromatic carbocycles. The van der Waals surface area contributed by atoms with Crippen LogP contribution in [-0.2, 0) is 9.47 Å². The molecule has 29 heavy (non-hydrogen) atoms. The summed E-state index contributed by atoms with van der Waals surface area (Å²) in [5.41, 5.74) is 1.35. The molecule has 1 N–H and O–H groups in total. The number of aromatic carboxylic acids is 1. The van der Waals surface area contributed by atoms with Gasteiger partial charge in [0.1, 0.15) is 5.60 Å². The first-order chi connectivity index (χ1) is 13.9. The zero-order chi connectivity index (χ0) is 20.6. The molecular weight excluding hydrogens is 370 g/mol. The van der Waals surface area contributed by atoms with Crippen molar-refractivity contribution in [2.45, 2.75) is 38.1 Å². The fourth-order valence-corrected chi connectivity index (χ4v) is 4.43.